The molecule has 0 amide bonds. The van der Waals surface area contributed by atoms with Gasteiger partial charge in [0.05, 0.1) is 0 Å². The summed E-state index contributed by atoms with van der Waals surface area (Å²) in [5, 5.41) is 0. The second-order valence-corrected chi connectivity index (χ2v) is 6.83. The van der Waals surface area contributed by atoms with E-state index in [9.17, 15) is 4.79 Å². The fourth-order valence-electron chi connectivity index (χ4n) is 3.80. The van der Waals surface area contributed by atoms with Gasteiger partial charge < -0.3 is 0 Å². The molecule has 0 spiro atoms. The van der Waals surface area contributed by atoms with Crippen LogP contribution in [0.15, 0.2) is 6.07 Å². The molecule has 0 saturated heterocycles. The van der Waals surface area contributed by atoms with Crippen LogP contribution in [-0.4, -0.2) is 5.78 Å². The van der Waals surface area contributed by atoms with Crippen molar-refractivity contribution < 1.29 is 4.79 Å². The number of aryl methyl sites for hydroxylation is 1. The maximum absolute atomic E-state index is 13.2. The SMILES string of the molecule is Cc1cc2c(c(C)c1C)Cc1c(C)c(C)c(C)c(C)c1C2=O. The number of carbonyl (C=O) groups excluding carboxylic acids is 1. The molecule has 0 bridgehead atoms. The Morgan fingerprint density at radius 1 is 0.682 bits per heavy atom. The molecule has 2 aromatic carbocycles. The molecule has 0 atom stereocenters. The van der Waals surface area contributed by atoms with E-state index in [2.05, 4.69) is 54.5 Å². The van der Waals surface area contributed by atoms with Gasteiger partial charge in [0.2, 0.25) is 0 Å². The molecule has 1 aliphatic rings. The van der Waals surface area contributed by atoms with E-state index in [0.29, 0.717) is 0 Å². The third kappa shape index (κ3) is 1.81. The van der Waals surface area contributed by atoms with Crippen molar-refractivity contribution in [3.63, 3.8) is 0 Å². The van der Waals surface area contributed by atoms with Gasteiger partial charge in [0.25, 0.3) is 0 Å². The maximum atomic E-state index is 13.2. The molecule has 0 N–H and O–H groups in total. The van der Waals surface area contributed by atoms with Gasteiger partial charge in [-0.2, -0.15) is 0 Å². The molecular formula is C21H24O. The highest BCUT2D eigenvalue weighted by Crippen LogP contribution is 2.37. The smallest absolute Gasteiger partial charge is 0.193 e. The summed E-state index contributed by atoms with van der Waals surface area (Å²) < 4.78 is 0. The number of ketones is 1. The third-order valence-electron chi connectivity index (χ3n) is 5.93. The summed E-state index contributed by atoms with van der Waals surface area (Å²) in [6.45, 7) is 15.0. The molecule has 0 aliphatic heterocycles. The highest BCUT2D eigenvalue weighted by atomic mass is 16.1. The van der Waals surface area contributed by atoms with Crippen molar-refractivity contribution in [3.8, 4) is 0 Å². The molecular weight excluding hydrogens is 268 g/mol. The van der Waals surface area contributed by atoms with Gasteiger partial charge in [-0.1, -0.05) is 0 Å². The molecule has 3 rings (SSSR count). The highest BCUT2D eigenvalue weighted by molar-refractivity contribution is 6.14. The number of hydrogen-bond acceptors (Lipinski definition) is 1. The molecule has 114 valence electrons. The number of rotatable bonds is 0. The topological polar surface area (TPSA) is 17.1 Å². The van der Waals surface area contributed by atoms with Crippen molar-refractivity contribution in [3.05, 3.63) is 67.3 Å². The van der Waals surface area contributed by atoms with Gasteiger partial charge in [-0.25, -0.2) is 0 Å². The fraction of sp³-hybridized carbons (Fsp3) is 0.381. The fourth-order valence-corrected chi connectivity index (χ4v) is 3.80. The quantitative estimate of drug-likeness (QED) is 0.571. The molecule has 0 unspecified atom stereocenters. The van der Waals surface area contributed by atoms with Crippen molar-refractivity contribution in [2.45, 2.75) is 54.9 Å². The lowest BCUT2D eigenvalue weighted by Gasteiger charge is -2.27. The van der Waals surface area contributed by atoms with E-state index in [4.69, 9.17) is 0 Å². The molecule has 1 nitrogen and oxygen atoms in total. The Kier molecular flexibility index (Phi) is 3.28. The number of carbonyl (C=O) groups is 1. The van der Waals surface area contributed by atoms with Crippen LogP contribution < -0.4 is 0 Å². The zero-order valence-electron chi connectivity index (χ0n) is 14.7. The summed E-state index contributed by atoms with van der Waals surface area (Å²) >= 11 is 0. The van der Waals surface area contributed by atoms with Gasteiger partial charge in [0.1, 0.15) is 0 Å². The minimum absolute atomic E-state index is 0.214. The Bertz CT molecular complexity index is 838. The van der Waals surface area contributed by atoms with Crippen LogP contribution >= 0.6 is 0 Å². The van der Waals surface area contributed by atoms with Crippen LogP contribution in [0.1, 0.15) is 66.0 Å². The molecule has 0 aromatic heterocycles. The lowest BCUT2D eigenvalue weighted by molar-refractivity contribution is 0.103. The summed E-state index contributed by atoms with van der Waals surface area (Å²) in [7, 11) is 0. The molecule has 1 aliphatic carbocycles. The van der Waals surface area contributed by atoms with Crippen LogP contribution in [0.4, 0.5) is 0 Å². The normalized spacial score (nSPS) is 13.1. The van der Waals surface area contributed by atoms with Crippen molar-refractivity contribution in [1.29, 1.82) is 0 Å². The third-order valence-corrected chi connectivity index (χ3v) is 5.93. The average molecular weight is 292 g/mol. The van der Waals surface area contributed by atoms with E-state index in [1.54, 1.807) is 0 Å². The van der Waals surface area contributed by atoms with Gasteiger partial charge in [-0.05, 0) is 111 Å². The van der Waals surface area contributed by atoms with Crippen LogP contribution in [0, 0.1) is 48.5 Å². The van der Waals surface area contributed by atoms with E-state index in [-0.39, 0.29) is 5.78 Å². The first-order valence-electron chi connectivity index (χ1n) is 7.99. The molecule has 0 saturated carbocycles. The van der Waals surface area contributed by atoms with E-state index in [0.717, 1.165) is 23.1 Å². The Morgan fingerprint density at radius 2 is 1.23 bits per heavy atom. The first-order chi connectivity index (χ1) is 10.3. The van der Waals surface area contributed by atoms with E-state index < -0.39 is 0 Å². The number of fused-ring (bicyclic) bond motifs is 2. The maximum Gasteiger partial charge on any atom is 0.193 e. The van der Waals surface area contributed by atoms with Gasteiger partial charge in [0, 0.05) is 11.1 Å². The van der Waals surface area contributed by atoms with Gasteiger partial charge in [-0.3, -0.25) is 4.79 Å². The second kappa shape index (κ2) is 4.81. The highest BCUT2D eigenvalue weighted by Gasteiger charge is 2.29. The summed E-state index contributed by atoms with van der Waals surface area (Å²) in [5.41, 5.74) is 13.2. The first kappa shape index (κ1) is 15.0. The summed E-state index contributed by atoms with van der Waals surface area (Å²) in [5.74, 6) is 0.214. The second-order valence-electron chi connectivity index (χ2n) is 6.83. The Balaban J connectivity index is 2.38. The van der Waals surface area contributed by atoms with Gasteiger partial charge in [-0.15, -0.1) is 0 Å². The summed E-state index contributed by atoms with van der Waals surface area (Å²) in [4.78, 5) is 13.2. The molecule has 0 fully saturated rings. The van der Waals surface area contributed by atoms with Crippen LogP contribution in [0.3, 0.4) is 0 Å². The molecule has 2 aromatic rings. The minimum atomic E-state index is 0.214. The summed E-state index contributed by atoms with van der Waals surface area (Å²) in [6, 6.07) is 2.09. The Labute approximate surface area is 133 Å². The minimum Gasteiger partial charge on any atom is -0.289 e. The average Bonchev–Trinajstić information content (AvgIpc) is 2.49. The predicted molar refractivity (Wildman–Crippen MR) is 92.3 cm³/mol. The predicted octanol–water partition coefficient (Wildman–Crippen LogP) is 4.98. The Hall–Kier alpha value is -1.89. The summed E-state index contributed by atoms with van der Waals surface area (Å²) in [6.07, 6.45) is 0.886. The van der Waals surface area contributed by atoms with Gasteiger partial charge in [0.15, 0.2) is 5.78 Å². The number of hydrogen-bond donors (Lipinski definition) is 0. The van der Waals surface area contributed by atoms with E-state index >= 15 is 0 Å². The molecule has 0 heterocycles. The molecule has 1 heteroatoms. The zero-order chi connectivity index (χ0) is 16.3. The van der Waals surface area contributed by atoms with Crippen LogP contribution in [0.2, 0.25) is 0 Å². The standard InChI is InChI=1S/C21H24O/c1-10-8-19-17(14(5)11(10)2)9-18-15(6)12(3)13(4)16(7)20(18)21(19)22/h8H,9H2,1-7H3. The van der Waals surface area contributed by atoms with E-state index in [1.165, 1.54) is 44.5 Å². The zero-order valence-corrected chi connectivity index (χ0v) is 14.7. The monoisotopic (exact) mass is 292 g/mol. The van der Waals surface area contributed by atoms with Crippen LogP contribution in [-0.2, 0) is 6.42 Å². The van der Waals surface area contributed by atoms with Crippen molar-refractivity contribution in [2.24, 2.45) is 0 Å². The largest absolute Gasteiger partial charge is 0.289 e. The van der Waals surface area contributed by atoms with Crippen molar-refractivity contribution in [1.82, 2.24) is 0 Å². The Morgan fingerprint density at radius 3 is 1.86 bits per heavy atom. The van der Waals surface area contributed by atoms with Crippen LogP contribution in [0.25, 0.3) is 0 Å². The lowest BCUT2D eigenvalue weighted by atomic mass is 9.75. The van der Waals surface area contributed by atoms with Crippen molar-refractivity contribution in [2.75, 3.05) is 0 Å². The number of benzene rings is 2. The first-order valence-corrected chi connectivity index (χ1v) is 7.99. The van der Waals surface area contributed by atoms with Crippen molar-refractivity contribution >= 4 is 5.78 Å². The lowest BCUT2D eigenvalue weighted by Crippen LogP contribution is -2.21. The molecule has 22 heavy (non-hydrogen) atoms. The van der Waals surface area contributed by atoms with Crippen LogP contribution in [0.5, 0.6) is 0 Å². The van der Waals surface area contributed by atoms with Gasteiger partial charge >= 0.3 is 0 Å². The molecule has 0 radical (unpaired) electrons. The van der Waals surface area contributed by atoms with E-state index in [1.807, 2.05) is 0 Å².